The molecule has 0 aromatic rings. The summed E-state index contributed by atoms with van der Waals surface area (Å²) in [5, 5.41) is 15.9. The van der Waals surface area contributed by atoms with Crippen molar-refractivity contribution in [3.63, 3.8) is 0 Å². The molecule has 0 aromatic heterocycles. The lowest BCUT2D eigenvalue weighted by molar-refractivity contribution is -0.138. The van der Waals surface area contributed by atoms with Gasteiger partial charge in [-0.1, -0.05) is 0 Å². The van der Waals surface area contributed by atoms with Crippen LogP contribution in [-0.2, 0) is 4.79 Å². The molecule has 15 heavy (non-hydrogen) atoms. The molecule has 0 amide bonds. The standard InChI is InChI=1S/C6H14N4O2.C2H6O/c7-4(5(11)12)2-1-3-10-6(8)9;1-2-3/h4H,1-3,7H2,(H,11,12)(H4,8,9,10);3H,2H2,1H3/t4-;/m0./s1. The highest BCUT2D eigenvalue weighted by molar-refractivity contribution is 5.75. The van der Waals surface area contributed by atoms with Crippen molar-refractivity contribution in [2.24, 2.45) is 22.2 Å². The van der Waals surface area contributed by atoms with Crippen molar-refractivity contribution in [3.8, 4) is 0 Å². The number of aliphatic carboxylic acids is 1. The maximum Gasteiger partial charge on any atom is 0.320 e. The van der Waals surface area contributed by atoms with Gasteiger partial charge >= 0.3 is 5.97 Å². The third kappa shape index (κ3) is 15.4. The van der Waals surface area contributed by atoms with E-state index in [1.807, 2.05) is 0 Å². The van der Waals surface area contributed by atoms with Gasteiger partial charge in [-0.15, -0.1) is 0 Å². The van der Waals surface area contributed by atoms with Crippen molar-refractivity contribution in [1.29, 1.82) is 0 Å². The average Bonchev–Trinajstić information content (AvgIpc) is 2.12. The predicted octanol–water partition coefficient (Wildman–Crippen LogP) is -1.55. The number of aliphatic imine (C=N–C) groups is 1. The molecular formula is C8H20N4O3. The summed E-state index contributed by atoms with van der Waals surface area (Å²) in [7, 11) is 0. The van der Waals surface area contributed by atoms with Crippen LogP contribution in [0.5, 0.6) is 0 Å². The second kappa shape index (κ2) is 10.7. The van der Waals surface area contributed by atoms with E-state index in [0.29, 0.717) is 19.4 Å². The van der Waals surface area contributed by atoms with Gasteiger partial charge in [0.05, 0.1) is 0 Å². The van der Waals surface area contributed by atoms with Gasteiger partial charge in [-0.05, 0) is 19.8 Å². The highest BCUT2D eigenvalue weighted by atomic mass is 16.4. The summed E-state index contributed by atoms with van der Waals surface area (Å²) >= 11 is 0. The van der Waals surface area contributed by atoms with Gasteiger partial charge in [-0.3, -0.25) is 9.79 Å². The molecule has 0 unspecified atom stereocenters. The Balaban J connectivity index is 0. The first-order valence-corrected chi connectivity index (χ1v) is 4.60. The van der Waals surface area contributed by atoms with Crippen LogP contribution >= 0.6 is 0 Å². The van der Waals surface area contributed by atoms with Crippen molar-refractivity contribution in [2.75, 3.05) is 13.2 Å². The van der Waals surface area contributed by atoms with Crippen LogP contribution in [0.2, 0.25) is 0 Å². The summed E-state index contributed by atoms with van der Waals surface area (Å²) in [6, 6.07) is -0.820. The van der Waals surface area contributed by atoms with Gasteiger partial charge in [0, 0.05) is 13.2 Å². The van der Waals surface area contributed by atoms with Gasteiger partial charge < -0.3 is 27.4 Å². The van der Waals surface area contributed by atoms with E-state index in [9.17, 15) is 4.79 Å². The number of carboxylic acid groups (broad SMARTS) is 1. The molecule has 0 bridgehead atoms. The van der Waals surface area contributed by atoms with Gasteiger partial charge in [0.2, 0.25) is 0 Å². The van der Waals surface area contributed by atoms with E-state index in [2.05, 4.69) is 4.99 Å². The number of hydrogen-bond donors (Lipinski definition) is 5. The van der Waals surface area contributed by atoms with E-state index in [-0.39, 0.29) is 12.6 Å². The van der Waals surface area contributed by atoms with E-state index < -0.39 is 12.0 Å². The quantitative estimate of drug-likeness (QED) is 0.215. The fourth-order valence-electron chi connectivity index (χ4n) is 0.643. The number of rotatable bonds is 5. The molecular weight excluding hydrogens is 200 g/mol. The highest BCUT2D eigenvalue weighted by Gasteiger charge is 2.09. The first-order chi connectivity index (χ1) is 6.95. The molecule has 0 radical (unpaired) electrons. The zero-order valence-corrected chi connectivity index (χ0v) is 8.89. The first kappa shape index (κ1) is 16.1. The molecule has 0 spiro atoms. The summed E-state index contributed by atoms with van der Waals surface area (Å²) in [6.07, 6.45) is 0.956. The Morgan fingerprint density at radius 3 is 2.27 bits per heavy atom. The summed E-state index contributed by atoms with van der Waals surface area (Å²) < 4.78 is 0. The smallest absolute Gasteiger partial charge is 0.320 e. The Morgan fingerprint density at radius 1 is 1.47 bits per heavy atom. The summed E-state index contributed by atoms with van der Waals surface area (Å²) in [5.41, 5.74) is 15.3. The molecule has 0 saturated carbocycles. The highest BCUT2D eigenvalue weighted by Crippen LogP contribution is 1.94. The van der Waals surface area contributed by atoms with Crippen LogP contribution in [0.15, 0.2) is 4.99 Å². The van der Waals surface area contributed by atoms with Crippen LogP contribution in [-0.4, -0.2) is 41.3 Å². The lowest BCUT2D eigenvalue weighted by atomic mass is 10.2. The van der Waals surface area contributed by atoms with E-state index >= 15 is 0 Å². The van der Waals surface area contributed by atoms with Crippen molar-refractivity contribution in [3.05, 3.63) is 0 Å². The largest absolute Gasteiger partial charge is 0.480 e. The monoisotopic (exact) mass is 220 g/mol. The molecule has 90 valence electrons. The van der Waals surface area contributed by atoms with E-state index in [1.54, 1.807) is 6.92 Å². The maximum absolute atomic E-state index is 10.2. The number of nitrogens with two attached hydrogens (primary N) is 3. The van der Waals surface area contributed by atoms with Crippen LogP contribution < -0.4 is 17.2 Å². The van der Waals surface area contributed by atoms with Gasteiger partial charge in [0.15, 0.2) is 5.96 Å². The van der Waals surface area contributed by atoms with Crippen molar-refractivity contribution < 1.29 is 15.0 Å². The topological polar surface area (TPSA) is 148 Å². The molecule has 1 atom stereocenters. The third-order valence-corrected chi connectivity index (χ3v) is 1.28. The molecule has 0 aliphatic rings. The summed E-state index contributed by atoms with van der Waals surface area (Å²) in [5.74, 6) is -0.987. The predicted molar refractivity (Wildman–Crippen MR) is 58.3 cm³/mol. The molecule has 0 aliphatic heterocycles. The van der Waals surface area contributed by atoms with Crippen LogP contribution in [0, 0.1) is 0 Å². The number of carboxylic acids is 1. The number of guanidine groups is 1. The molecule has 0 rings (SSSR count). The lowest BCUT2D eigenvalue weighted by Gasteiger charge is -2.03. The third-order valence-electron chi connectivity index (χ3n) is 1.28. The molecule has 0 heterocycles. The summed E-state index contributed by atoms with van der Waals surface area (Å²) in [4.78, 5) is 13.9. The van der Waals surface area contributed by atoms with E-state index in [1.165, 1.54) is 0 Å². The Morgan fingerprint density at radius 2 is 1.93 bits per heavy atom. The second-order valence-corrected chi connectivity index (χ2v) is 2.71. The fraction of sp³-hybridized carbons (Fsp3) is 0.750. The molecule has 0 fully saturated rings. The Bertz CT molecular complexity index is 192. The number of nitrogens with zero attached hydrogens (tertiary/aromatic N) is 1. The summed E-state index contributed by atoms with van der Waals surface area (Å²) in [6.45, 7) is 2.35. The van der Waals surface area contributed by atoms with Gasteiger partial charge in [-0.25, -0.2) is 0 Å². The molecule has 0 aliphatic carbocycles. The second-order valence-electron chi connectivity index (χ2n) is 2.71. The minimum absolute atomic E-state index is 0.0129. The van der Waals surface area contributed by atoms with Crippen molar-refractivity contribution in [2.45, 2.75) is 25.8 Å². The normalized spacial score (nSPS) is 10.9. The van der Waals surface area contributed by atoms with Crippen LogP contribution in [0.25, 0.3) is 0 Å². The van der Waals surface area contributed by atoms with Crippen LogP contribution in [0.3, 0.4) is 0 Å². The van der Waals surface area contributed by atoms with Gasteiger partial charge in [0.1, 0.15) is 6.04 Å². The fourth-order valence-corrected chi connectivity index (χ4v) is 0.643. The molecule has 7 nitrogen and oxygen atoms in total. The molecule has 0 saturated heterocycles. The van der Waals surface area contributed by atoms with Crippen LogP contribution in [0.1, 0.15) is 19.8 Å². The van der Waals surface area contributed by atoms with Crippen molar-refractivity contribution in [1.82, 2.24) is 0 Å². The number of aliphatic hydroxyl groups excluding tert-OH is 1. The first-order valence-electron chi connectivity index (χ1n) is 4.60. The number of hydrogen-bond acceptors (Lipinski definition) is 4. The Labute approximate surface area is 89.0 Å². The van der Waals surface area contributed by atoms with E-state index in [4.69, 9.17) is 27.4 Å². The number of aliphatic hydroxyl groups is 1. The van der Waals surface area contributed by atoms with Gasteiger partial charge in [0.25, 0.3) is 0 Å². The SMILES string of the molecule is CCO.NC(N)=NCCC[C@H](N)C(=O)O. The Hall–Kier alpha value is -1.34. The zero-order valence-electron chi connectivity index (χ0n) is 8.89. The average molecular weight is 220 g/mol. The van der Waals surface area contributed by atoms with Gasteiger partial charge in [-0.2, -0.15) is 0 Å². The Kier molecular flexibility index (Phi) is 11.5. The minimum Gasteiger partial charge on any atom is -0.480 e. The maximum atomic E-state index is 10.2. The lowest BCUT2D eigenvalue weighted by Crippen LogP contribution is -2.30. The molecule has 7 heteroatoms. The minimum atomic E-state index is -1.00. The van der Waals surface area contributed by atoms with Crippen molar-refractivity contribution >= 4 is 11.9 Å². The van der Waals surface area contributed by atoms with Crippen LogP contribution in [0.4, 0.5) is 0 Å². The zero-order chi connectivity index (χ0) is 12.3. The molecule has 8 N–H and O–H groups in total. The number of carbonyl (C=O) groups is 1. The van der Waals surface area contributed by atoms with E-state index in [0.717, 1.165) is 0 Å². The molecule has 0 aromatic carbocycles.